The number of benzene rings is 2. The summed E-state index contributed by atoms with van der Waals surface area (Å²) in [6.45, 7) is 6.71. The second kappa shape index (κ2) is 7.28. The van der Waals surface area contributed by atoms with Crippen LogP contribution < -0.4 is 15.4 Å². The summed E-state index contributed by atoms with van der Waals surface area (Å²) < 4.78 is 5.40. The van der Waals surface area contributed by atoms with Gasteiger partial charge in [-0.2, -0.15) is 0 Å². The fourth-order valence-corrected chi connectivity index (χ4v) is 3.74. The van der Waals surface area contributed by atoms with Crippen LogP contribution in [0.1, 0.15) is 35.3 Å². The van der Waals surface area contributed by atoms with Gasteiger partial charge in [-0.05, 0) is 49.6 Å². The van der Waals surface area contributed by atoms with E-state index in [9.17, 15) is 9.59 Å². The van der Waals surface area contributed by atoms with Crippen LogP contribution in [0.3, 0.4) is 0 Å². The first kappa shape index (κ1) is 18.5. The van der Waals surface area contributed by atoms with Crippen LogP contribution in [0.5, 0.6) is 5.75 Å². The van der Waals surface area contributed by atoms with Gasteiger partial charge in [-0.1, -0.05) is 24.3 Å². The Morgan fingerprint density at radius 2 is 2.00 bits per heavy atom. The first-order chi connectivity index (χ1) is 13.4. The molecule has 0 saturated heterocycles. The molecule has 2 aliphatic rings. The van der Waals surface area contributed by atoms with Crippen molar-refractivity contribution in [2.75, 3.05) is 25.0 Å². The number of hydrogen-bond acceptors (Lipinski definition) is 4. The predicted octanol–water partition coefficient (Wildman–Crippen LogP) is 2.58. The van der Waals surface area contributed by atoms with Gasteiger partial charge in [0.15, 0.2) is 6.61 Å². The molecular weight excluding hydrogens is 354 g/mol. The summed E-state index contributed by atoms with van der Waals surface area (Å²) in [5, 5.41) is 5.78. The van der Waals surface area contributed by atoms with Crippen molar-refractivity contribution in [1.29, 1.82) is 0 Å². The molecule has 2 aliphatic heterocycles. The Balaban J connectivity index is 1.40. The van der Waals surface area contributed by atoms with Crippen LogP contribution in [0.2, 0.25) is 0 Å². The number of anilines is 1. The number of fused-ring (bicyclic) bond motifs is 2. The molecule has 0 atom stereocenters. The van der Waals surface area contributed by atoms with Gasteiger partial charge in [0, 0.05) is 30.7 Å². The van der Waals surface area contributed by atoms with Crippen molar-refractivity contribution in [2.24, 2.45) is 0 Å². The lowest BCUT2D eigenvalue weighted by Crippen LogP contribution is -2.53. The molecule has 2 heterocycles. The van der Waals surface area contributed by atoms with Crippen molar-refractivity contribution >= 4 is 17.5 Å². The number of ether oxygens (including phenoxy) is 1. The van der Waals surface area contributed by atoms with E-state index < -0.39 is 0 Å². The van der Waals surface area contributed by atoms with Gasteiger partial charge < -0.3 is 15.4 Å². The molecule has 2 aromatic rings. The normalized spacial score (nSPS) is 16.4. The van der Waals surface area contributed by atoms with Gasteiger partial charge in [0.1, 0.15) is 5.75 Å². The first-order valence-electron chi connectivity index (χ1n) is 9.59. The number of nitrogens with one attached hydrogen (secondary N) is 2. The minimum absolute atomic E-state index is 0.0263. The number of carbonyl (C=O) groups is 2. The molecule has 28 heavy (non-hydrogen) atoms. The number of nitrogens with zero attached hydrogens (tertiary/aromatic N) is 1. The van der Waals surface area contributed by atoms with Crippen LogP contribution in [0.25, 0.3) is 0 Å². The zero-order valence-electron chi connectivity index (χ0n) is 16.2. The lowest BCUT2D eigenvalue weighted by Gasteiger charge is -2.41. The summed E-state index contributed by atoms with van der Waals surface area (Å²) in [5.41, 5.74) is 3.73. The zero-order chi connectivity index (χ0) is 19.7. The van der Waals surface area contributed by atoms with Gasteiger partial charge in [0.05, 0.1) is 5.69 Å². The fourth-order valence-electron chi connectivity index (χ4n) is 3.74. The molecular formula is C22H25N3O3. The molecule has 0 radical (unpaired) electrons. The number of hydrogen-bond donors (Lipinski definition) is 2. The van der Waals surface area contributed by atoms with E-state index in [1.165, 1.54) is 11.1 Å². The van der Waals surface area contributed by atoms with Gasteiger partial charge in [-0.15, -0.1) is 0 Å². The molecule has 0 aromatic heterocycles. The van der Waals surface area contributed by atoms with Crippen LogP contribution in [-0.2, 0) is 17.8 Å². The summed E-state index contributed by atoms with van der Waals surface area (Å²) in [4.78, 5) is 26.4. The third-order valence-corrected chi connectivity index (χ3v) is 5.54. The molecule has 2 aromatic carbocycles. The third kappa shape index (κ3) is 3.73. The Morgan fingerprint density at radius 1 is 1.21 bits per heavy atom. The maximum absolute atomic E-state index is 12.7. The molecule has 6 heteroatoms. The highest BCUT2D eigenvalue weighted by atomic mass is 16.5. The lowest BCUT2D eigenvalue weighted by atomic mass is 9.94. The molecule has 0 spiro atoms. The van der Waals surface area contributed by atoms with Gasteiger partial charge in [0.25, 0.3) is 11.8 Å². The quantitative estimate of drug-likeness (QED) is 0.857. The Morgan fingerprint density at radius 3 is 2.82 bits per heavy atom. The summed E-state index contributed by atoms with van der Waals surface area (Å²) in [5.74, 6) is 0.197. The molecule has 0 saturated carbocycles. The van der Waals surface area contributed by atoms with Crippen molar-refractivity contribution in [2.45, 2.75) is 32.4 Å². The maximum atomic E-state index is 12.7. The van der Waals surface area contributed by atoms with Crippen molar-refractivity contribution in [1.82, 2.24) is 10.2 Å². The van der Waals surface area contributed by atoms with E-state index in [2.05, 4.69) is 53.6 Å². The minimum Gasteiger partial charge on any atom is -0.482 e. The highest BCUT2D eigenvalue weighted by Crippen LogP contribution is 2.29. The summed E-state index contributed by atoms with van der Waals surface area (Å²) in [7, 11) is 0. The van der Waals surface area contributed by atoms with Crippen molar-refractivity contribution in [3.05, 3.63) is 59.2 Å². The van der Waals surface area contributed by atoms with E-state index in [-0.39, 0.29) is 24.0 Å². The van der Waals surface area contributed by atoms with Crippen LogP contribution in [0.15, 0.2) is 42.5 Å². The third-order valence-electron chi connectivity index (χ3n) is 5.54. The van der Waals surface area contributed by atoms with Crippen LogP contribution in [0.4, 0.5) is 5.69 Å². The van der Waals surface area contributed by atoms with E-state index in [0.29, 0.717) is 23.5 Å². The van der Waals surface area contributed by atoms with Crippen LogP contribution >= 0.6 is 0 Å². The Bertz CT molecular complexity index is 923. The first-order valence-corrected chi connectivity index (χ1v) is 9.59. The summed E-state index contributed by atoms with van der Waals surface area (Å²) in [6, 6.07) is 13.6. The van der Waals surface area contributed by atoms with Gasteiger partial charge in [-0.3, -0.25) is 14.5 Å². The largest absolute Gasteiger partial charge is 0.482 e. The van der Waals surface area contributed by atoms with Crippen molar-refractivity contribution in [3.63, 3.8) is 0 Å². The smallest absolute Gasteiger partial charge is 0.262 e. The van der Waals surface area contributed by atoms with Gasteiger partial charge in [-0.25, -0.2) is 0 Å². The topological polar surface area (TPSA) is 70.7 Å². The molecule has 146 valence electrons. The second-order valence-electron chi connectivity index (χ2n) is 7.98. The van der Waals surface area contributed by atoms with E-state index >= 15 is 0 Å². The molecule has 0 bridgehead atoms. The molecule has 6 nitrogen and oxygen atoms in total. The van der Waals surface area contributed by atoms with Gasteiger partial charge >= 0.3 is 0 Å². The summed E-state index contributed by atoms with van der Waals surface area (Å²) in [6.07, 6.45) is 1.03. The average Bonchev–Trinajstić information content (AvgIpc) is 2.71. The number of rotatable bonds is 4. The standard InChI is InChI=1S/C22H25N3O3/c1-22(2,25-10-9-15-5-3-4-6-17(15)12-25)14-23-21(27)16-7-8-18-19(11-16)28-13-20(26)24-18/h3-8,11H,9-10,12-14H2,1-2H3,(H,23,27)(H,24,26). The monoisotopic (exact) mass is 379 g/mol. The van der Waals surface area contributed by atoms with Gasteiger partial charge in [0.2, 0.25) is 0 Å². The SMILES string of the molecule is CC(C)(CNC(=O)c1ccc2c(c1)OCC(=O)N2)N1CCc2ccccc2C1. The predicted molar refractivity (Wildman–Crippen MR) is 108 cm³/mol. The Kier molecular flexibility index (Phi) is 4.81. The molecule has 0 fully saturated rings. The minimum atomic E-state index is -0.186. The van der Waals surface area contributed by atoms with Crippen molar-refractivity contribution in [3.8, 4) is 5.75 Å². The Labute approximate surface area is 164 Å². The van der Waals surface area contributed by atoms with Crippen molar-refractivity contribution < 1.29 is 14.3 Å². The fraction of sp³-hybridized carbons (Fsp3) is 0.364. The Hall–Kier alpha value is -2.86. The molecule has 0 aliphatic carbocycles. The van der Waals surface area contributed by atoms with E-state index in [0.717, 1.165) is 19.5 Å². The maximum Gasteiger partial charge on any atom is 0.262 e. The number of amides is 2. The highest BCUT2D eigenvalue weighted by Gasteiger charge is 2.30. The molecule has 4 rings (SSSR count). The molecule has 0 unspecified atom stereocenters. The van der Waals surface area contributed by atoms with E-state index in [4.69, 9.17) is 4.74 Å². The lowest BCUT2D eigenvalue weighted by molar-refractivity contribution is -0.118. The number of carbonyl (C=O) groups excluding carboxylic acids is 2. The van der Waals surface area contributed by atoms with Crippen LogP contribution in [0, 0.1) is 0 Å². The zero-order valence-corrected chi connectivity index (χ0v) is 16.2. The summed E-state index contributed by atoms with van der Waals surface area (Å²) >= 11 is 0. The van der Waals surface area contributed by atoms with E-state index in [1.54, 1.807) is 18.2 Å². The van der Waals surface area contributed by atoms with E-state index in [1.807, 2.05) is 0 Å². The van der Waals surface area contributed by atoms with Crippen LogP contribution in [-0.4, -0.2) is 41.9 Å². The molecule has 2 N–H and O–H groups in total. The molecule has 2 amide bonds. The average molecular weight is 379 g/mol. The second-order valence-corrected chi connectivity index (χ2v) is 7.98. The highest BCUT2D eigenvalue weighted by molar-refractivity contribution is 5.99.